The molecule has 0 aliphatic rings. The minimum absolute atomic E-state index is 0.213. The summed E-state index contributed by atoms with van der Waals surface area (Å²) in [5.41, 5.74) is -0.352. The number of rotatable bonds is 8. The minimum Gasteiger partial charge on any atom is -0.457 e. The van der Waals surface area contributed by atoms with Gasteiger partial charge in [-0.3, -0.25) is 0 Å². The molecule has 1 N–H and O–H groups in total. The third-order valence-corrected chi connectivity index (χ3v) is 5.32. The predicted molar refractivity (Wildman–Crippen MR) is 126 cm³/mol. The standard InChI is InChI=1S/C26H22ClF3N2O3/c1-16(2)24(32-18-11-12-21(22(27)14-18)26(28,29)30)25(33)35-23(15-31)17-7-6-10-20(13-17)34-19-8-4-3-5-9-19/h3-14,16,23-24,32H,1-2H3/t23?,24-/m1/s1. The number of hydrogen-bond donors (Lipinski definition) is 1. The number of nitrogens with zero attached hydrogens (tertiary/aromatic N) is 1. The van der Waals surface area contributed by atoms with E-state index < -0.39 is 34.9 Å². The van der Waals surface area contributed by atoms with Crippen LogP contribution in [0.4, 0.5) is 18.9 Å². The highest BCUT2D eigenvalue weighted by Gasteiger charge is 2.33. The lowest BCUT2D eigenvalue weighted by Crippen LogP contribution is -2.36. The molecule has 182 valence electrons. The van der Waals surface area contributed by atoms with Gasteiger partial charge in [-0.1, -0.05) is 55.8 Å². The first-order valence-corrected chi connectivity index (χ1v) is 11.0. The highest BCUT2D eigenvalue weighted by Crippen LogP contribution is 2.36. The molecule has 0 amide bonds. The third-order valence-electron chi connectivity index (χ3n) is 5.01. The van der Waals surface area contributed by atoms with Crippen molar-refractivity contribution < 1.29 is 27.4 Å². The first-order valence-electron chi connectivity index (χ1n) is 10.6. The molecule has 0 saturated heterocycles. The first kappa shape index (κ1) is 25.9. The first-order chi connectivity index (χ1) is 16.6. The van der Waals surface area contributed by atoms with Gasteiger partial charge in [0.15, 0.2) is 0 Å². The number of carbonyl (C=O) groups is 1. The molecule has 3 rings (SSSR count). The number of anilines is 1. The summed E-state index contributed by atoms with van der Waals surface area (Å²) < 4.78 is 50.2. The van der Waals surface area contributed by atoms with Crippen molar-refractivity contribution in [1.29, 1.82) is 5.26 Å². The second-order valence-corrected chi connectivity index (χ2v) is 8.40. The molecule has 0 aliphatic carbocycles. The maximum absolute atomic E-state index is 13.0. The lowest BCUT2D eigenvalue weighted by Gasteiger charge is -2.24. The van der Waals surface area contributed by atoms with Crippen molar-refractivity contribution in [3.8, 4) is 17.6 Å². The van der Waals surface area contributed by atoms with Crippen LogP contribution in [0.25, 0.3) is 0 Å². The van der Waals surface area contributed by atoms with Crippen molar-refractivity contribution in [1.82, 2.24) is 0 Å². The second kappa shape index (κ2) is 11.2. The van der Waals surface area contributed by atoms with E-state index in [1.807, 2.05) is 24.3 Å². The predicted octanol–water partition coefficient (Wildman–Crippen LogP) is 7.40. The molecule has 0 bridgehead atoms. The van der Waals surface area contributed by atoms with E-state index in [0.717, 1.165) is 12.1 Å². The monoisotopic (exact) mass is 502 g/mol. The van der Waals surface area contributed by atoms with Gasteiger partial charge in [-0.15, -0.1) is 0 Å². The van der Waals surface area contributed by atoms with Gasteiger partial charge >= 0.3 is 12.1 Å². The molecule has 0 fully saturated rings. The Labute approximate surface area is 206 Å². The van der Waals surface area contributed by atoms with Gasteiger partial charge in [-0.05, 0) is 48.4 Å². The summed E-state index contributed by atoms with van der Waals surface area (Å²) in [6.45, 7) is 3.47. The molecule has 0 saturated carbocycles. The summed E-state index contributed by atoms with van der Waals surface area (Å²) in [6, 6.07) is 19.8. The number of halogens is 4. The van der Waals surface area contributed by atoms with Gasteiger partial charge in [0.25, 0.3) is 0 Å². The largest absolute Gasteiger partial charge is 0.457 e. The number of hydrogen-bond acceptors (Lipinski definition) is 5. The Bertz CT molecular complexity index is 1210. The lowest BCUT2D eigenvalue weighted by atomic mass is 10.0. The van der Waals surface area contributed by atoms with Crippen molar-refractivity contribution >= 4 is 23.3 Å². The topological polar surface area (TPSA) is 71.3 Å². The molecule has 9 heteroatoms. The van der Waals surface area contributed by atoms with Crippen LogP contribution < -0.4 is 10.1 Å². The Balaban J connectivity index is 1.75. The fraction of sp³-hybridized carbons (Fsp3) is 0.231. The maximum Gasteiger partial charge on any atom is 0.417 e. The summed E-state index contributed by atoms with van der Waals surface area (Å²) >= 11 is 5.79. The van der Waals surface area contributed by atoms with Gasteiger partial charge in [0.05, 0.1) is 10.6 Å². The molecule has 5 nitrogen and oxygen atoms in total. The molecule has 3 aromatic carbocycles. The Morgan fingerprint density at radius 2 is 1.69 bits per heavy atom. The lowest BCUT2D eigenvalue weighted by molar-refractivity contribution is -0.149. The zero-order valence-electron chi connectivity index (χ0n) is 18.8. The van der Waals surface area contributed by atoms with Crippen molar-refractivity contribution in [2.24, 2.45) is 5.92 Å². The molecule has 2 atom stereocenters. The van der Waals surface area contributed by atoms with Gasteiger partial charge in [0, 0.05) is 11.3 Å². The molecular formula is C26H22ClF3N2O3. The SMILES string of the molecule is CC(C)[C@@H](Nc1ccc(C(F)(F)F)c(Cl)c1)C(=O)OC(C#N)c1cccc(Oc2ccccc2)c1. The van der Waals surface area contributed by atoms with Gasteiger partial charge in [-0.2, -0.15) is 18.4 Å². The molecule has 0 spiro atoms. The average Bonchev–Trinajstić information content (AvgIpc) is 2.80. The molecule has 1 unspecified atom stereocenters. The van der Waals surface area contributed by atoms with Crippen molar-refractivity contribution in [2.75, 3.05) is 5.32 Å². The number of nitrogens with one attached hydrogen (secondary N) is 1. The summed E-state index contributed by atoms with van der Waals surface area (Å²) in [7, 11) is 0. The summed E-state index contributed by atoms with van der Waals surface area (Å²) in [5.74, 6) is 0.0185. The summed E-state index contributed by atoms with van der Waals surface area (Å²) in [5, 5.41) is 12.0. The highest BCUT2D eigenvalue weighted by molar-refractivity contribution is 6.31. The van der Waals surface area contributed by atoms with E-state index in [1.54, 1.807) is 50.2 Å². The summed E-state index contributed by atoms with van der Waals surface area (Å²) in [6.07, 6.45) is -5.81. The Morgan fingerprint density at radius 1 is 1.00 bits per heavy atom. The quantitative estimate of drug-likeness (QED) is 0.325. The van der Waals surface area contributed by atoms with E-state index in [-0.39, 0.29) is 11.6 Å². The van der Waals surface area contributed by atoms with Crippen LogP contribution in [0.2, 0.25) is 5.02 Å². The Kier molecular flexibility index (Phi) is 8.26. The van der Waals surface area contributed by atoms with Crippen molar-refractivity contribution in [3.05, 3.63) is 88.9 Å². The van der Waals surface area contributed by atoms with Gasteiger partial charge in [0.1, 0.15) is 23.6 Å². The number of para-hydroxylation sites is 1. The third kappa shape index (κ3) is 6.90. The second-order valence-electron chi connectivity index (χ2n) is 7.99. The molecular weight excluding hydrogens is 481 g/mol. The van der Waals surface area contributed by atoms with E-state index in [0.29, 0.717) is 17.1 Å². The number of ether oxygens (including phenoxy) is 2. The molecule has 0 aliphatic heterocycles. The van der Waals surface area contributed by atoms with Gasteiger partial charge in [0.2, 0.25) is 6.10 Å². The fourth-order valence-electron chi connectivity index (χ4n) is 3.24. The maximum atomic E-state index is 13.0. The number of esters is 1. The van der Waals surface area contributed by atoms with E-state index in [9.17, 15) is 23.2 Å². The molecule has 35 heavy (non-hydrogen) atoms. The van der Waals surface area contributed by atoms with Crippen LogP contribution >= 0.6 is 11.6 Å². The zero-order valence-corrected chi connectivity index (χ0v) is 19.6. The van der Waals surface area contributed by atoms with Gasteiger partial charge < -0.3 is 14.8 Å². The van der Waals surface area contributed by atoms with E-state index in [2.05, 4.69) is 5.32 Å². The van der Waals surface area contributed by atoms with Crippen LogP contribution in [0.15, 0.2) is 72.8 Å². The van der Waals surface area contributed by atoms with Crippen LogP contribution in [0.1, 0.15) is 31.1 Å². The number of nitriles is 1. The Hall–Kier alpha value is -3.70. The van der Waals surface area contributed by atoms with Crippen molar-refractivity contribution in [3.63, 3.8) is 0 Å². The van der Waals surface area contributed by atoms with Gasteiger partial charge in [-0.25, -0.2) is 4.79 Å². The Morgan fingerprint density at radius 3 is 2.29 bits per heavy atom. The number of carbonyl (C=O) groups excluding carboxylic acids is 1. The van der Waals surface area contributed by atoms with Crippen molar-refractivity contribution in [2.45, 2.75) is 32.2 Å². The average molecular weight is 503 g/mol. The van der Waals surface area contributed by atoms with E-state index in [1.165, 1.54) is 6.07 Å². The summed E-state index contributed by atoms with van der Waals surface area (Å²) in [4.78, 5) is 12.9. The molecule has 0 aromatic heterocycles. The smallest absolute Gasteiger partial charge is 0.417 e. The van der Waals surface area contributed by atoms with E-state index >= 15 is 0 Å². The normalized spacial score (nSPS) is 13.0. The van der Waals surface area contributed by atoms with Crippen LogP contribution in [0, 0.1) is 17.2 Å². The number of benzene rings is 3. The molecule has 3 aromatic rings. The molecule has 0 heterocycles. The zero-order chi connectivity index (χ0) is 25.6. The van der Waals surface area contributed by atoms with E-state index in [4.69, 9.17) is 21.1 Å². The van der Waals surface area contributed by atoms with Crippen LogP contribution in [0.5, 0.6) is 11.5 Å². The fourth-order valence-corrected chi connectivity index (χ4v) is 3.52. The minimum atomic E-state index is -4.59. The van der Waals surface area contributed by atoms with Crippen LogP contribution in [-0.2, 0) is 15.7 Å². The number of alkyl halides is 3. The van der Waals surface area contributed by atoms with Crippen LogP contribution in [0.3, 0.4) is 0 Å². The highest BCUT2D eigenvalue weighted by atomic mass is 35.5. The molecule has 0 radical (unpaired) electrons. The van der Waals surface area contributed by atoms with Crippen LogP contribution in [-0.4, -0.2) is 12.0 Å².